The molecular weight excluding hydrogens is 364 g/mol. The molecular formula is C20H22N2O4S. The van der Waals surface area contributed by atoms with Gasteiger partial charge in [-0.15, -0.1) is 6.58 Å². The predicted octanol–water partition coefficient (Wildman–Crippen LogP) is 3.09. The highest BCUT2D eigenvalue weighted by Crippen LogP contribution is 2.33. The lowest BCUT2D eigenvalue weighted by atomic mass is 10.1. The number of hydrogen-bond donors (Lipinski definition) is 1. The molecule has 0 aromatic heterocycles. The summed E-state index contributed by atoms with van der Waals surface area (Å²) in [6.07, 6.45) is 2.30. The summed E-state index contributed by atoms with van der Waals surface area (Å²) in [6.45, 7) is 5.49. The largest absolute Gasteiger partial charge is 0.493 e. The average Bonchev–Trinajstić information content (AvgIpc) is 2.66. The molecule has 2 aromatic rings. The molecule has 0 amide bonds. The van der Waals surface area contributed by atoms with Gasteiger partial charge in [-0.1, -0.05) is 18.2 Å². The van der Waals surface area contributed by atoms with Crippen molar-refractivity contribution >= 4 is 10.0 Å². The summed E-state index contributed by atoms with van der Waals surface area (Å²) < 4.78 is 38.7. The van der Waals surface area contributed by atoms with E-state index in [1.165, 1.54) is 13.2 Å². The first kappa shape index (κ1) is 20.5. The van der Waals surface area contributed by atoms with Crippen molar-refractivity contribution in [2.24, 2.45) is 0 Å². The van der Waals surface area contributed by atoms with E-state index in [2.05, 4.69) is 11.3 Å². The number of ether oxygens (including phenoxy) is 2. The van der Waals surface area contributed by atoms with Crippen LogP contribution in [0.1, 0.15) is 22.3 Å². The van der Waals surface area contributed by atoms with Gasteiger partial charge in [0, 0.05) is 12.1 Å². The lowest BCUT2D eigenvalue weighted by Crippen LogP contribution is -2.24. The SMILES string of the molecule is C=CCc1cc(CNS(=O)(=O)c2cc(C#N)ccc2C)cc(OC)c1OC. The maximum Gasteiger partial charge on any atom is 0.241 e. The Bertz CT molecular complexity index is 992. The highest BCUT2D eigenvalue weighted by molar-refractivity contribution is 7.89. The number of hydrogen-bond acceptors (Lipinski definition) is 5. The first-order chi connectivity index (χ1) is 12.9. The van der Waals surface area contributed by atoms with E-state index in [9.17, 15) is 8.42 Å². The van der Waals surface area contributed by atoms with E-state index in [0.29, 0.717) is 29.0 Å². The first-order valence-electron chi connectivity index (χ1n) is 8.21. The van der Waals surface area contributed by atoms with Crippen molar-refractivity contribution in [1.82, 2.24) is 4.72 Å². The quantitative estimate of drug-likeness (QED) is 0.704. The fraction of sp³-hybridized carbons (Fsp3) is 0.250. The van der Waals surface area contributed by atoms with E-state index >= 15 is 0 Å². The zero-order valence-corrected chi connectivity index (χ0v) is 16.4. The van der Waals surface area contributed by atoms with Crippen LogP contribution in [0.3, 0.4) is 0 Å². The van der Waals surface area contributed by atoms with E-state index in [1.54, 1.807) is 38.3 Å². The highest BCUT2D eigenvalue weighted by atomic mass is 32.2. The van der Waals surface area contributed by atoms with Crippen LogP contribution in [-0.2, 0) is 23.0 Å². The van der Waals surface area contributed by atoms with Gasteiger partial charge in [-0.3, -0.25) is 0 Å². The molecule has 0 atom stereocenters. The van der Waals surface area contributed by atoms with Gasteiger partial charge in [-0.25, -0.2) is 13.1 Å². The van der Waals surface area contributed by atoms with Crippen LogP contribution in [0.5, 0.6) is 11.5 Å². The second kappa shape index (κ2) is 8.71. The van der Waals surface area contributed by atoms with Crippen molar-refractivity contribution in [2.45, 2.75) is 24.8 Å². The summed E-state index contributed by atoms with van der Waals surface area (Å²) in [5.41, 5.74) is 2.44. The zero-order chi connectivity index (χ0) is 20.0. The number of rotatable bonds is 8. The summed E-state index contributed by atoms with van der Waals surface area (Å²) in [4.78, 5) is 0.0911. The average molecular weight is 386 g/mol. The van der Waals surface area contributed by atoms with Crippen LogP contribution in [0.15, 0.2) is 47.9 Å². The minimum Gasteiger partial charge on any atom is -0.493 e. The molecule has 27 heavy (non-hydrogen) atoms. The van der Waals surface area contributed by atoms with E-state index in [1.807, 2.05) is 12.1 Å². The van der Waals surface area contributed by atoms with Crippen molar-refractivity contribution in [1.29, 1.82) is 5.26 Å². The van der Waals surface area contributed by atoms with Crippen LogP contribution >= 0.6 is 0 Å². The van der Waals surface area contributed by atoms with Crippen molar-refractivity contribution in [3.63, 3.8) is 0 Å². The number of nitriles is 1. The van der Waals surface area contributed by atoms with Crippen LogP contribution in [0.2, 0.25) is 0 Å². The molecule has 2 rings (SSSR count). The summed E-state index contributed by atoms with van der Waals surface area (Å²) in [5, 5.41) is 9.02. The number of aryl methyl sites for hydroxylation is 1. The van der Waals surface area contributed by atoms with E-state index in [4.69, 9.17) is 14.7 Å². The first-order valence-corrected chi connectivity index (χ1v) is 9.69. The monoisotopic (exact) mass is 386 g/mol. The van der Waals surface area contributed by atoms with Crippen LogP contribution in [-0.4, -0.2) is 22.6 Å². The third-order valence-electron chi connectivity index (χ3n) is 4.05. The molecule has 1 N–H and O–H groups in total. The summed E-state index contributed by atoms with van der Waals surface area (Å²) in [5.74, 6) is 1.12. The van der Waals surface area contributed by atoms with Crippen LogP contribution < -0.4 is 14.2 Å². The molecule has 0 bridgehead atoms. The van der Waals surface area contributed by atoms with Crippen LogP contribution in [0, 0.1) is 18.3 Å². The third-order valence-corrected chi connectivity index (χ3v) is 5.60. The lowest BCUT2D eigenvalue weighted by molar-refractivity contribution is 0.352. The Kier molecular flexibility index (Phi) is 6.61. The molecule has 0 spiro atoms. The smallest absolute Gasteiger partial charge is 0.241 e. The lowest BCUT2D eigenvalue weighted by Gasteiger charge is -2.15. The maximum absolute atomic E-state index is 12.7. The summed E-state index contributed by atoms with van der Waals surface area (Å²) in [6, 6.07) is 10.1. The van der Waals surface area contributed by atoms with Gasteiger partial charge in [0.15, 0.2) is 11.5 Å². The Labute approximate surface area is 160 Å². The standard InChI is InChI=1S/C20H22N2O4S/c1-5-6-17-9-16(10-18(25-3)20(17)26-4)13-22-27(23,24)19-11-15(12-21)8-7-14(19)2/h5,7-11,22H,1,6,13H2,2-4H3. The Hall–Kier alpha value is -2.82. The van der Waals surface area contributed by atoms with E-state index in [0.717, 1.165) is 11.1 Å². The Morgan fingerprint density at radius 3 is 2.56 bits per heavy atom. The highest BCUT2D eigenvalue weighted by Gasteiger charge is 2.18. The second-order valence-corrected chi connectivity index (χ2v) is 7.64. The molecule has 6 nitrogen and oxygen atoms in total. The number of sulfonamides is 1. The fourth-order valence-corrected chi connectivity index (χ4v) is 4.02. The Morgan fingerprint density at radius 2 is 1.96 bits per heavy atom. The summed E-state index contributed by atoms with van der Waals surface area (Å²) in [7, 11) is -0.694. The van der Waals surface area contributed by atoms with Gasteiger partial charge in [0.25, 0.3) is 0 Å². The van der Waals surface area contributed by atoms with Gasteiger partial charge < -0.3 is 9.47 Å². The molecule has 0 aliphatic carbocycles. The van der Waals surface area contributed by atoms with Crippen molar-refractivity contribution in [3.8, 4) is 17.6 Å². The maximum atomic E-state index is 12.7. The molecule has 0 aliphatic heterocycles. The minimum atomic E-state index is -3.78. The van der Waals surface area contributed by atoms with Gasteiger partial charge in [-0.2, -0.15) is 5.26 Å². The van der Waals surface area contributed by atoms with Crippen LogP contribution in [0.25, 0.3) is 0 Å². The summed E-state index contributed by atoms with van der Waals surface area (Å²) >= 11 is 0. The fourth-order valence-electron chi connectivity index (χ4n) is 2.73. The minimum absolute atomic E-state index is 0.0725. The molecule has 0 aliphatic rings. The van der Waals surface area contributed by atoms with Gasteiger partial charge in [0.1, 0.15) is 0 Å². The number of allylic oxidation sites excluding steroid dienone is 1. The van der Waals surface area contributed by atoms with Gasteiger partial charge in [0.05, 0.1) is 30.7 Å². The van der Waals surface area contributed by atoms with E-state index in [-0.39, 0.29) is 11.4 Å². The molecule has 0 heterocycles. The third kappa shape index (κ3) is 4.67. The second-order valence-electron chi connectivity index (χ2n) is 5.90. The molecule has 0 saturated carbocycles. The molecule has 0 fully saturated rings. The number of nitrogens with one attached hydrogen (secondary N) is 1. The Morgan fingerprint density at radius 1 is 1.22 bits per heavy atom. The topological polar surface area (TPSA) is 88.4 Å². The number of benzene rings is 2. The van der Waals surface area contributed by atoms with Crippen molar-refractivity contribution < 1.29 is 17.9 Å². The molecule has 142 valence electrons. The van der Waals surface area contributed by atoms with Crippen molar-refractivity contribution in [2.75, 3.05) is 14.2 Å². The Balaban J connectivity index is 2.34. The predicted molar refractivity (Wildman–Crippen MR) is 103 cm³/mol. The van der Waals surface area contributed by atoms with Crippen LogP contribution in [0.4, 0.5) is 0 Å². The molecule has 7 heteroatoms. The molecule has 0 radical (unpaired) electrons. The molecule has 2 aromatic carbocycles. The number of methoxy groups -OCH3 is 2. The normalized spacial score (nSPS) is 10.9. The zero-order valence-electron chi connectivity index (χ0n) is 15.6. The van der Waals surface area contributed by atoms with Crippen molar-refractivity contribution in [3.05, 3.63) is 65.2 Å². The van der Waals surface area contributed by atoms with Gasteiger partial charge in [-0.05, 0) is 42.7 Å². The van der Waals surface area contributed by atoms with Gasteiger partial charge in [0.2, 0.25) is 10.0 Å². The molecule has 0 saturated heterocycles. The number of nitrogens with zero attached hydrogens (tertiary/aromatic N) is 1. The van der Waals surface area contributed by atoms with E-state index < -0.39 is 10.0 Å². The van der Waals surface area contributed by atoms with Gasteiger partial charge >= 0.3 is 0 Å². The molecule has 0 unspecified atom stereocenters.